The second-order valence-corrected chi connectivity index (χ2v) is 14.6. The highest BCUT2D eigenvalue weighted by atomic mass is 35.5. The van der Waals surface area contributed by atoms with Crippen molar-refractivity contribution in [1.29, 1.82) is 0 Å². The molecule has 2 aromatic heterocycles. The molecule has 3 aromatic rings. The van der Waals surface area contributed by atoms with E-state index in [1.807, 2.05) is 29.2 Å². The van der Waals surface area contributed by atoms with E-state index in [-0.39, 0.29) is 16.7 Å². The fraction of sp³-hybridized carbons (Fsp3) is 0.455. The Bertz CT molecular complexity index is 1610. The number of aliphatic hydroxyl groups excluding tert-OH is 2. The summed E-state index contributed by atoms with van der Waals surface area (Å²) in [4.78, 5) is 55.5. The van der Waals surface area contributed by atoms with E-state index >= 15 is 0 Å². The Balaban J connectivity index is 1.21. The zero-order chi connectivity index (χ0) is 28.6. The summed E-state index contributed by atoms with van der Waals surface area (Å²) in [6.45, 7) is 0.0566. The molecule has 4 heterocycles. The number of hydrogen-bond donors (Lipinski definition) is 5. The average molecular weight is 616 g/mol. The molecule has 5 N–H and O–H groups in total. The van der Waals surface area contributed by atoms with Gasteiger partial charge in [-0.05, 0) is 23.6 Å². The molecule has 0 radical (unpaired) electrons. The molecule has 2 fully saturated rings. The number of ketones is 1. The highest BCUT2D eigenvalue weighted by molar-refractivity contribution is 7.70. The monoisotopic (exact) mass is 615 g/mol. The minimum absolute atomic E-state index is 0.0826. The summed E-state index contributed by atoms with van der Waals surface area (Å²) < 4.78 is 34.8. The summed E-state index contributed by atoms with van der Waals surface area (Å²) >= 11 is 6.23. The lowest BCUT2D eigenvalue weighted by Crippen LogP contribution is -2.60. The predicted molar refractivity (Wildman–Crippen MR) is 138 cm³/mol. The van der Waals surface area contributed by atoms with Gasteiger partial charge in [-0.1, -0.05) is 24.3 Å². The van der Waals surface area contributed by atoms with Crippen molar-refractivity contribution in [2.45, 2.75) is 31.0 Å². The van der Waals surface area contributed by atoms with Gasteiger partial charge in [-0.15, -0.1) is 0 Å². The molecular weight excluding hydrogens is 592 g/mol. The second kappa shape index (κ2) is 9.63. The molecule has 15 nitrogen and oxygen atoms in total. The average Bonchev–Trinajstić information content (AvgIpc) is 3.48. The molecule has 0 saturated carbocycles. The number of imidazole rings is 1. The number of carbonyl (C=O) groups is 1. The Morgan fingerprint density at radius 3 is 2.55 bits per heavy atom. The summed E-state index contributed by atoms with van der Waals surface area (Å²) in [5, 5.41) is 21.0. The highest BCUT2D eigenvalue weighted by Gasteiger charge is 2.54. The number of fused-ring (bicyclic) bond motifs is 2. The second-order valence-electron chi connectivity index (χ2n) is 10.2. The van der Waals surface area contributed by atoms with E-state index < -0.39 is 57.7 Å². The van der Waals surface area contributed by atoms with Crippen LogP contribution in [0.1, 0.15) is 22.1 Å². The number of hydrogen-bond acceptors (Lipinski definition) is 11. The molecule has 2 unspecified atom stereocenters. The van der Waals surface area contributed by atoms with Crippen LogP contribution in [0.15, 0.2) is 30.6 Å². The van der Waals surface area contributed by atoms with Gasteiger partial charge in [-0.2, -0.15) is 9.97 Å². The van der Waals surface area contributed by atoms with Crippen molar-refractivity contribution in [3.05, 3.63) is 47.0 Å². The molecule has 3 aliphatic rings. The third-order valence-corrected chi connectivity index (χ3v) is 11.0. The minimum atomic E-state index is -4.85. The fourth-order valence-corrected chi connectivity index (χ4v) is 8.29. The van der Waals surface area contributed by atoms with Crippen LogP contribution in [0, 0.1) is 5.41 Å². The van der Waals surface area contributed by atoms with Gasteiger partial charge in [-0.3, -0.25) is 18.5 Å². The smallest absolute Gasteiger partial charge is 0.340 e. The zero-order valence-corrected chi connectivity index (χ0v) is 23.1. The Hall–Kier alpha value is -2.29. The molecule has 0 amide bonds. The van der Waals surface area contributed by atoms with E-state index in [2.05, 4.69) is 15.0 Å². The van der Waals surface area contributed by atoms with Gasteiger partial charge in [-0.25, -0.2) is 4.98 Å². The SMILES string of the molecule is O=C1c2ccccc2CC12CN(c1nc(Cl)nc3c1ncn3[C@@H]1O[C@H](COP(=O)(O)CP(=O)(O)O)[C@H](O)C1O)C2. The number of ether oxygens (including phenoxy) is 1. The van der Waals surface area contributed by atoms with Crippen molar-refractivity contribution < 1.29 is 48.1 Å². The largest absolute Gasteiger partial charge is 0.387 e. The van der Waals surface area contributed by atoms with E-state index in [0.717, 1.165) is 11.1 Å². The molecule has 0 bridgehead atoms. The van der Waals surface area contributed by atoms with Gasteiger partial charge in [0.05, 0.1) is 18.3 Å². The van der Waals surface area contributed by atoms with Gasteiger partial charge in [0.15, 0.2) is 34.9 Å². The summed E-state index contributed by atoms with van der Waals surface area (Å²) in [5.41, 5.74) is 1.65. The summed E-state index contributed by atoms with van der Waals surface area (Å²) in [6.07, 6.45) is -3.80. The van der Waals surface area contributed by atoms with Gasteiger partial charge in [0.2, 0.25) is 5.28 Å². The minimum Gasteiger partial charge on any atom is -0.387 e. The molecule has 18 heteroatoms. The Kier molecular flexibility index (Phi) is 6.71. The first kappa shape index (κ1) is 27.9. The van der Waals surface area contributed by atoms with E-state index in [0.29, 0.717) is 30.8 Å². The lowest BCUT2D eigenvalue weighted by atomic mass is 9.76. The normalized spacial score (nSPS) is 27.2. The first-order valence-electron chi connectivity index (χ1n) is 12.1. The van der Waals surface area contributed by atoms with Crippen LogP contribution < -0.4 is 4.90 Å². The molecule has 5 atom stereocenters. The van der Waals surface area contributed by atoms with Crippen LogP contribution in [-0.4, -0.2) is 94.1 Å². The van der Waals surface area contributed by atoms with Crippen molar-refractivity contribution in [3.8, 4) is 0 Å². The van der Waals surface area contributed by atoms with Crippen LogP contribution in [0.5, 0.6) is 0 Å². The van der Waals surface area contributed by atoms with E-state index in [4.69, 9.17) is 30.6 Å². The van der Waals surface area contributed by atoms with Gasteiger partial charge in [0, 0.05) is 18.7 Å². The first-order chi connectivity index (χ1) is 18.8. The van der Waals surface area contributed by atoms with Crippen molar-refractivity contribution >= 4 is 49.6 Å². The number of aliphatic hydroxyl groups is 2. The molecule has 2 aliphatic heterocycles. The maximum Gasteiger partial charge on any atom is 0.340 e. The van der Waals surface area contributed by atoms with Crippen LogP contribution in [0.2, 0.25) is 5.28 Å². The number of rotatable bonds is 7. The molecule has 2 saturated heterocycles. The lowest BCUT2D eigenvalue weighted by molar-refractivity contribution is -0.0483. The van der Waals surface area contributed by atoms with Gasteiger partial charge >= 0.3 is 15.2 Å². The number of aromatic nitrogens is 4. The number of benzene rings is 1. The Labute approximate surface area is 231 Å². The molecule has 1 spiro atoms. The van der Waals surface area contributed by atoms with Crippen molar-refractivity contribution in [1.82, 2.24) is 19.5 Å². The van der Waals surface area contributed by atoms with Crippen LogP contribution in [0.25, 0.3) is 11.2 Å². The number of halogens is 1. The summed E-state index contributed by atoms with van der Waals surface area (Å²) in [7, 11) is -9.56. The van der Waals surface area contributed by atoms with E-state index in [1.165, 1.54) is 10.9 Å². The lowest BCUT2D eigenvalue weighted by Gasteiger charge is -2.47. The predicted octanol–water partition coefficient (Wildman–Crippen LogP) is 0.681. The standard InChI is InChI=1S/C22H24ClN5O10P2/c23-21-25-18(27-7-22(8-27)5-11-3-1-2-4-12(11)17(22)31)14-19(26-21)28(9-24-14)20-16(30)15(29)13(38-20)6-37-40(35,36)10-39(32,33)34/h1-4,9,13,15-16,20,29-30H,5-8,10H2,(H,35,36)(H2,32,33,34)/t13-,15+,16?,20-/m1/s1. The molecular formula is C22H24ClN5O10P2. The quantitative estimate of drug-likeness (QED) is 0.182. The fourth-order valence-electron chi connectivity index (χ4n) is 5.56. The van der Waals surface area contributed by atoms with Crippen LogP contribution in [-0.2, 0) is 24.8 Å². The van der Waals surface area contributed by atoms with Crippen molar-refractivity contribution in [3.63, 3.8) is 0 Å². The summed E-state index contributed by atoms with van der Waals surface area (Å²) in [5.74, 6) is -0.942. The maximum atomic E-state index is 13.1. The van der Waals surface area contributed by atoms with E-state index in [9.17, 15) is 29.0 Å². The topological polar surface area (TPSA) is 218 Å². The van der Waals surface area contributed by atoms with Crippen LogP contribution in [0.3, 0.4) is 0 Å². The molecule has 1 aromatic carbocycles. The van der Waals surface area contributed by atoms with Gasteiger partial charge < -0.3 is 39.1 Å². The molecule has 6 rings (SSSR count). The number of anilines is 1. The number of Topliss-reactive ketones (excluding diaryl/α,β-unsaturated/α-hetero) is 1. The zero-order valence-electron chi connectivity index (χ0n) is 20.5. The van der Waals surface area contributed by atoms with Crippen molar-refractivity contribution in [2.24, 2.45) is 5.41 Å². The molecule has 40 heavy (non-hydrogen) atoms. The highest BCUT2D eigenvalue weighted by Crippen LogP contribution is 2.55. The molecule has 214 valence electrons. The van der Waals surface area contributed by atoms with Crippen LogP contribution >= 0.6 is 26.8 Å². The van der Waals surface area contributed by atoms with E-state index in [1.54, 1.807) is 0 Å². The van der Waals surface area contributed by atoms with Gasteiger partial charge in [0.1, 0.15) is 18.3 Å². The number of nitrogens with zero attached hydrogens (tertiary/aromatic N) is 5. The molecule has 1 aliphatic carbocycles. The maximum absolute atomic E-state index is 13.1. The Morgan fingerprint density at radius 1 is 1.12 bits per heavy atom. The number of carbonyl (C=O) groups excluding carboxylic acids is 1. The van der Waals surface area contributed by atoms with Gasteiger partial charge in [0.25, 0.3) is 0 Å². The first-order valence-corrected chi connectivity index (χ1v) is 16.0. The Morgan fingerprint density at radius 2 is 1.85 bits per heavy atom. The van der Waals surface area contributed by atoms with Crippen molar-refractivity contribution in [2.75, 3.05) is 30.5 Å². The third kappa shape index (κ3) is 4.80. The summed E-state index contributed by atoms with van der Waals surface area (Å²) in [6, 6.07) is 7.51. The third-order valence-electron chi connectivity index (χ3n) is 7.35. The van der Waals surface area contributed by atoms with Crippen LogP contribution in [0.4, 0.5) is 5.82 Å².